The van der Waals surface area contributed by atoms with E-state index in [0.29, 0.717) is 30.3 Å². The Morgan fingerprint density at radius 1 is 1.03 bits per heavy atom. The van der Waals surface area contributed by atoms with Crippen molar-refractivity contribution in [3.8, 4) is 22.1 Å². The van der Waals surface area contributed by atoms with Gasteiger partial charge in [0.25, 0.3) is 5.91 Å². The second-order valence-electron chi connectivity index (χ2n) is 6.94. The lowest BCUT2D eigenvalue weighted by Gasteiger charge is -2.19. The summed E-state index contributed by atoms with van der Waals surface area (Å²) >= 11 is 9.31. The highest BCUT2D eigenvalue weighted by Gasteiger charge is 2.17. The predicted octanol–water partition coefficient (Wildman–Crippen LogP) is 5.47. The van der Waals surface area contributed by atoms with Gasteiger partial charge in [-0.25, -0.2) is 4.98 Å². The Bertz CT molecular complexity index is 1320. The highest BCUT2D eigenvalue weighted by molar-refractivity contribution is 14.1. The summed E-state index contributed by atoms with van der Waals surface area (Å²) in [5.74, 6) is 0.859. The van der Waals surface area contributed by atoms with Crippen molar-refractivity contribution < 1.29 is 14.3 Å². The molecule has 2 N–H and O–H groups in total. The molecule has 0 fully saturated rings. The average molecular weight is 573 g/mol. The van der Waals surface area contributed by atoms with E-state index in [-0.39, 0.29) is 11.0 Å². The van der Waals surface area contributed by atoms with Gasteiger partial charge >= 0.3 is 0 Å². The molecule has 1 aliphatic rings. The summed E-state index contributed by atoms with van der Waals surface area (Å²) in [7, 11) is 0. The van der Waals surface area contributed by atoms with Gasteiger partial charge in [-0.1, -0.05) is 12.1 Å². The van der Waals surface area contributed by atoms with Crippen molar-refractivity contribution in [2.24, 2.45) is 0 Å². The van der Waals surface area contributed by atoms with Crippen LogP contribution in [0.3, 0.4) is 0 Å². The number of fused-ring (bicyclic) bond motifs is 2. The first-order valence-corrected chi connectivity index (χ1v) is 12.0. The van der Waals surface area contributed by atoms with Gasteiger partial charge in [-0.05, 0) is 83.3 Å². The van der Waals surface area contributed by atoms with Gasteiger partial charge in [-0.3, -0.25) is 10.1 Å². The third kappa shape index (κ3) is 4.41. The lowest BCUT2D eigenvalue weighted by molar-refractivity contribution is 0.0976. The maximum atomic E-state index is 12.7. The van der Waals surface area contributed by atoms with Crippen LogP contribution in [-0.2, 0) is 0 Å². The molecule has 4 aromatic rings. The molecule has 0 aliphatic carbocycles. The van der Waals surface area contributed by atoms with E-state index >= 15 is 0 Å². The Morgan fingerprint density at radius 2 is 1.84 bits per heavy atom. The van der Waals surface area contributed by atoms with Gasteiger partial charge in [0.2, 0.25) is 0 Å². The SMILES string of the molecule is O=C(NC(=S)Nc1ccc(I)cc1-c1nc2ccccc2s1)c1ccc2c(c1)OCCO2. The Kier molecular flexibility index (Phi) is 5.94. The van der Waals surface area contributed by atoms with E-state index in [0.717, 1.165) is 30.0 Å². The highest BCUT2D eigenvalue weighted by atomic mass is 127. The van der Waals surface area contributed by atoms with Crippen LogP contribution in [0, 0.1) is 3.57 Å². The molecular formula is C23H16IN3O3S2. The van der Waals surface area contributed by atoms with Gasteiger partial charge in [-0.2, -0.15) is 0 Å². The molecule has 0 bridgehead atoms. The molecule has 0 unspecified atom stereocenters. The summed E-state index contributed by atoms with van der Waals surface area (Å²) < 4.78 is 13.3. The summed E-state index contributed by atoms with van der Waals surface area (Å²) in [5.41, 5.74) is 3.09. The van der Waals surface area contributed by atoms with Crippen molar-refractivity contribution in [2.45, 2.75) is 0 Å². The number of carbonyl (C=O) groups is 1. The smallest absolute Gasteiger partial charge is 0.257 e. The van der Waals surface area contributed by atoms with E-state index in [1.807, 2.05) is 36.4 Å². The quantitative estimate of drug-likeness (QED) is 0.251. The first-order valence-electron chi connectivity index (χ1n) is 9.74. The fraction of sp³-hybridized carbons (Fsp3) is 0.0870. The minimum absolute atomic E-state index is 0.202. The van der Waals surface area contributed by atoms with Crippen molar-refractivity contribution >= 4 is 73.1 Å². The number of halogens is 1. The average Bonchev–Trinajstić information content (AvgIpc) is 3.24. The molecule has 0 spiro atoms. The summed E-state index contributed by atoms with van der Waals surface area (Å²) in [6.07, 6.45) is 0. The number of nitrogens with zero attached hydrogens (tertiary/aromatic N) is 1. The normalized spacial score (nSPS) is 12.4. The molecule has 6 nitrogen and oxygen atoms in total. The summed E-state index contributed by atoms with van der Waals surface area (Å²) in [4.78, 5) is 17.5. The number of aromatic nitrogens is 1. The lowest BCUT2D eigenvalue weighted by Crippen LogP contribution is -2.34. The molecule has 9 heteroatoms. The van der Waals surface area contributed by atoms with Crippen LogP contribution >= 0.6 is 46.1 Å². The molecule has 0 saturated heterocycles. The number of carbonyl (C=O) groups excluding carboxylic acids is 1. The predicted molar refractivity (Wildman–Crippen MR) is 139 cm³/mol. The number of hydrogen-bond acceptors (Lipinski definition) is 6. The van der Waals surface area contributed by atoms with Crippen molar-refractivity contribution in [3.63, 3.8) is 0 Å². The second kappa shape index (κ2) is 9.00. The van der Waals surface area contributed by atoms with Gasteiger partial charge in [0.1, 0.15) is 18.2 Å². The molecule has 1 aromatic heterocycles. The number of amides is 1. The minimum atomic E-state index is -0.327. The van der Waals surface area contributed by atoms with E-state index in [4.69, 9.17) is 26.7 Å². The number of nitrogens with one attached hydrogen (secondary N) is 2. The number of thiazole rings is 1. The van der Waals surface area contributed by atoms with Gasteiger partial charge in [0, 0.05) is 14.7 Å². The fourth-order valence-corrected chi connectivity index (χ4v) is 4.99. The zero-order valence-corrected chi connectivity index (χ0v) is 20.3. The Morgan fingerprint density at radius 3 is 2.69 bits per heavy atom. The molecule has 0 radical (unpaired) electrons. The topological polar surface area (TPSA) is 72.5 Å². The highest BCUT2D eigenvalue weighted by Crippen LogP contribution is 2.35. The molecule has 0 atom stereocenters. The summed E-state index contributed by atoms with van der Waals surface area (Å²) in [6, 6.07) is 19.0. The van der Waals surface area contributed by atoms with Crippen LogP contribution in [0.15, 0.2) is 60.7 Å². The largest absolute Gasteiger partial charge is 0.486 e. The van der Waals surface area contributed by atoms with Crippen molar-refractivity contribution in [2.75, 3.05) is 18.5 Å². The fourth-order valence-electron chi connectivity index (χ4n) is 3.30. The van der Waals surface area contributed by atoms with Crippen LogP contribution in [0.1, 0.15) is 10.4 Å². The Hall–Kier alpha value is -2.76. The first-order chi connectivity index (χ1) is 15.6. The first kappa shape index (κ1) is 21.1. The molecule has 3 aromatic carbocycles. The van der Waals surface area contributed by atoms with E-state index in [9.17, 15) is 4.79 Å². The van der Waals surface area contributed by atoms with Crippen molar-refractivity contribution in [1.82, 2.24) is 10.3 Å². The number of benzene rings is 3. The number of ether oxygens (including phenoxy) is 2. The summed E-state index contributed by atoms with van der Waals surface area (Å²) in [5, 5.41) is 6.97. The Labute approximate surface area is 207 Å². The zero-order valence-electron chi connectivity index (χ0n) is 16.6. The molecule has 32 heavy (non-hydrogen) atoms. The van der Waals surface area contributed by atoms with Crippen LogP contribution in [0.25, 0.3) is 20.8 Å². The standard InChI is InChI=1S/C23H16IN3O3S2/c24-14-6-7-16(15(12-14)22-25-17-3-1-2-4-20(17)32-22)26-23(31)27-21(28)13-5-8-18-19(11-13)30-10-9-29-18/h1-8,11-12H,9-10H2,(H2,26,27,28,31). The Balaban J connectivity index is 1.36. The van der Waals surface area contributed by atoms with Gasteiger partial charge in [-0.15, -0.1) is 11.3 Å². The third-order valence-corrected chi connectivity index (χ3v) is 6.73. The molecular weight excluding hydrogens is 557 g/mol. The van der Waals surface area contributed by atoms with Crippen LogP contribution in [0.5, 0.6) is 11.5 Å². The molecule has 160 valence electrons. The monoisotopic (exact) mass is 573 g/mol. The molecule has 5 rings (SSSR count). The van der Waals surface area contributed by atoms with Crippen molar-refractivity contribution in [3.05, 3.63) is 69.8 Å². The number of para-hydroxylation sites is 1. The maximum absolute atomic E-state index is 12.7. The minimum Gasteiger partial charge on any atom is -0.486 e. The number of thiocarbonyl (C=S) groups is 1. The maximum Gasteiger partial charge on any atom is 0.257 e. The van der Waals surface area contributed by atoms with Crippen molar-refractivity contribution in [1.29, 1.82) is 0 Å². The van der Waals surface area contributed by atoms with Crippen LogP contribution in [0.2, 0.25) is 0 Å². The second-order valence-corrected chi connectivity index (χ2v) is 9.63. The van der Waals surface area contributed by atoms with Gasteiger partial charge in [0.05, 0.1) is 15.9 Å². The van der Waals surface area contributed by atoms with E-state index in [1.54, 1.807) is 29.5 Å². The third-order valence-electron chi connectivity index (χ3n) is 4.79. The number of anilines is 1. The van der Waals surface area contributed by atoms with Gasteiger partial charge < -0.3 is 14.8 Å². The van der Waals surface area contributed by atoms with Crippen LogP contribution in [-0.4, -0.2) is 29.2 Å². The van der Waals surface area contributed by atoms with E-state index < -0.39 is 0 Å². The summed E-state index contributed by atoms with van der Waals surface area (Å²) in [6.45, 7) is 0.957. The molecule has 0 saturated carbocycles. The lowest BCUT2D eigenvalue weighted by atomic mass is 10.2. The molecule has 2 heterocycles. The van der Waals surface area contributed by atoms with Crippen LogP contribution in [0.4, 0.5) is 5.69 Å². The van der Waals surface area contributed by atoms with Gasteiger partial charge in [0.15, 0.2) is 16.6 Å². The van der Waals surface area contributed by atoms with Crippen LogP contribution < -0.4 is 20.1 Å². The number of rotatable bonds is 3. The molecule has 1 amide bonds. The number of hydrogen-bond donors (Lipinski definition) is 2. The van der Waals surface area contributed by atoms with E-state index in [1.165, 1.54) is 0 Å². The molecule has 1 aliphatic heterocycles. The zero-order chi connectivity index (χ0) is 22.1. The van der Waals surface area contributed by atoms with E-state index in [2.05, 4.69) is 39.3 Å².